The van der Waals surface area contributed by atoms with E-state index in [0.717, 1.165) is 49.5 Å². The third-order valence-corrected chi connectivity index (χ3v) is 9.45. The fourth-order valence-corrected chi connectivity index (χ4v) is 7.88. The zero-order chi connectivity index (χ0) is 19.5. The number of benzene rings is 1. The molecule has 7 atom stereocenters. The van der Waals surface area contributed by atoms with E-state index in [1.807, 2.05) is 30.3 Å². The second kappa shape index (κ2) is 6.55. The average molecular weight is 379 g/mol. The van der Waals surface area contributed by atoms with E-state index in [-0.39, 0.29) is 22.9 Å². The van der Waals surface area contributed by atoms with Crippen LogP contribution in [0.3, 0.4) is 0 Å². The molecule has 0 radical (unpaired) electrons. The summed E-state index contributed by atoms with van der Waals surface area (Å²) in [6.45, 7) is 4.91. The molecule has 28 heavy (non-hydrogen) atoms. The Kier molecular flexibility index (Phi) is 4.36. The van der Waals surface area contributed by atoms with E-state index in [2.05, 4.69) is 19.9 Å². The van der Waals surface area contributed by atoms with Crippen LogP contribution in [0.1, 0.15) is 75.6 Å². The van der Waals surface area contributed by atoms with E-state index in [1.54, 1.807) is 0 Å². The molecule has 0 heterocycles. The van der Waals surface area contributed by atoms with Crippen molar-refractivity contribution in [1.29, 1.82) is 0 Å². The first-order chi connectivity index (χ1) is 13.4. The van der Waals surface area contributed by atoms with Crippen LogP contribution >= 0.6 is 0 Å². The zero-order valence-electron chi connectivity index (χ0n) is 17.4. The molecule has 1 N–H and O–H groups in total. The van der Waals surface area contributed by atoms with Gasteiger partial charge in [-0.25, -0.2) is 0 Å². The van der Waals surface area contributed by atoms with Gasteiger partial charge >= 0.3 is 0 Å². The van der Waals surface area contributed by atoms with E-state index < -0.39 is 0 Å². The number of fused-ring (bicyclic) bond motifs is 5. The highest BCUT2D eigenvalue weighted by molar-refractivity contribution is 5.98. The van der Waals surface area contributed by atoms with Crippen LogP contribution in [0, 0.1) is 34.5 Å². The number of aliphatic hydroxyl groups excluding tert-OH is 1. The summed E-state index contributed by atoms with van der Waals surface area (Å²) in [5.74, 6) is 2.70. The molecule has 0 saturated heterocycles. The van der Waals surface area contributed by atoms with Gasteiger partial charge in [-0.15, -0.1) is 0 Å². The molecule has 2 heteroatoms. The molecule has 3 saturated carbocycles. The maximum Gasteiger partial charge on any atom is 0.166 e. The summed E-state index contributed by atoms with van der Waals surface area (Å²) < 4.78 is 0. The van der Waals surface area contributed by atoms with Crippen LogP contribution in [0.2, 0.25) is 0 Å². The Bertz CT molecular complexity index is 796. The number of hydrogen-bond acceptors (Lipinski definition) is 2. The van der Waals surface area contributed by atoms with Crippen LogP contribution < -0.4 is 0 Å². The Labute approximate surface area is 169 Å². The third kappa shape index (κ3) is 2.60. The Morgan fingerprint density at radius 1 is 1.00 bits per heavy atom. The van der Waals surface area contributed by atoms with Crippen molar-refractivity contribution >= 4 is 5.78 Å². The van der Waals surface area contributed by atoms with Gasteiger partial charge < -0.3 is 5.11 Å². The van der Waals surface area contributed by atoms with Gasteiger partial charge in [-0.2, -0.15) is 0 Å². The van der Waals surface area contributed by atoms with Crippen molar-refractivity contribution in [2.24, 2.45) is 34.5 Å². The van der Waals surface area contributed by atoms with Crippen molar-refractivity contribution in [3.05, 3.63) is 47.5 Å². The van der Waals surface area contributed by atoms with Gasteiger partial charge in [0.1, 0.15) is 0 Å². The average Bonchev–Trinajstić information content (AvgIpc) is 3.06. The molecule has 150 valence electrons. The topological polar surface area (TPSA) is 37.3 Å². The molecule has 5 rings (SSSR count). The van der Waals surface area contributed by atoms with Crippen LogP contribution in [0.5, 0.6) is 0 Å². The van der Waals surface area contributed by atoms with Gasteiger partial charge in [0.05, 0.1) is 6.10 Å². The van der Waals surface area contributed by atoms with Gasteiger partial charge in [0.2, 0.25) is 0 Å². The van der Waals surface area contributed by atoms with Crippen molar-refractivity contribution in [2.75, 3.05) is 0 Å². The molecule has 0 aromatic heterocycles. The minimum absolute atomic E-state index is 0.135. The van der Waals surface area contributed by atoms with Crippen LogP contribution in [0.4, 0.5) is 0 Å². The van der Waals surface area contributed by atoms with Crippen LogP contribution in [-0.4, -0.2) is 17.0 Å². The van der Waals surface area contributed by atoms with Crippen LogP contribution in [0.15, 0.2) is 42.0 Å². The highest BCUT2D eigenvalue weighted by Gasteiger charge is 2.59. The summed E-state index contributed by atoms with van der Waals surface area (Å²) in [4.78, 5) is 13.4. The monoisotopic (exact) mass is 378 g/mol. The predicted octanol–water partition coefficient (Wildman–Crippen LogP) is 5.81. The smallest absolute Gasteiger partial charge is 0.166 e. The van der Waals surface area contributed by atoms with E-state index in [4.69, 9.17) is 0 Å². The van der Waals surface area contributed by atoms with Crippen molar-refractivity contribution in [2.45, 2.75) is 71.3 Å². The standard InChI is InChI=1S/C26H34O2/c1-25-14-12-19(27)16-18(25)8-9-20-21-10-11-23(26(21,2)15-13-22(20)25)24(28)17-6-4-3-5-7-17/h3-8,19-23,27H,9-16H2,1-2H3/t19-,20-,21-,22-,23+,25-,26-/m0/s1. The lowest BCUT2D eigenvalue weighted by Crippen LogP contribution is -2.51. The summed E-state index contributed by atoms with van der Waals surface area (Å²) in [5, 5.41) is 10.2. The minimum Gasteiger partial charge on any atom is -0.393 e. The van der Waals surface area contributed by atoms with Gasteiger partial charge in [-0.3, -0.25) is 4.79 Å². The molecule has 0 unspecified atom stereocenters. The minimum atomic E-state index is -0.135. The number of allylic oxidation sites excluding steroid dienone is 1. The fourth-order valence-electron chi connectivity index (χ4n) is 7.88. The van der Waals surface area contributed by atoms with Gasteiger partial charge in [0, 0.05) is 11.5 Å². The number of carbonyl (C=O) groups excluding carboxylic acids is 1. The second-order valence-corrected chi connectivity index (χ2v) is 10.6. The largest absolute Gasteiger partial charge is 0.393 e. The van der Waals surface area contributed by atoms with Gasteiger partial charge in [0.25, 0.3) is 0 Å². The van der Waals surface area contributed by atoms with Gasteiger partial charge in [-0.05, 0) is 80.0 Å². The SMILES string of the molecule is C[C@]12CC[C@H]3[C@@H](CC=C4C[C@@H](O)CC[C@@]43C)[C@@H]1CC[C@@H]2C(=O)c1ccccc1. The molecule has 4 aliphatic rings. The molecule has 1 aromatic rings. The number of aliphatic hydroxyl groups is 1. The lowest BCUT2D eigenvalue weighted by molar-refractivity contribution is -0.0459. The molecule has 0 spiro atoms. The highest BCUT2D eigenvalue weighted by atomic mass is 16.3. The first kappa shape index (κ1) is 18.6. The summed E-state index contributed by atoms with van der Waals surface area (Å²) in [6, 6.07) is 9.97. The Balaban J connectivity index is 1.44. The molecule has 4 aliphatic carbocycles. The Hall–Kier alpha value is -1.41. The Morgan fingerprint density at radius 2 is 1.79 bits per heavy atom. The molecule has 3 fully saturated rings. The lowest BCUT2D eigenvalue weighted by Gasteiger charge is -2.57. The summed E-state index contributed by atoms with van der Waals surface area (Å²) in [5.41, 5.74) is 2.87. The van der Waals surface area contributed by atoms with E-state index in [0.29, 0.717) is 11.7 Å². The second-order valence-electron chi connectivity index (χ2n) is 10.6. The van der Waals surface area contributed by atoms with E-state index in [1.165, 1.54) is 24.8 Å². The van der Waals surface area contributed by atoms with Crippen LogP contribution in [0.25, 0.3) is 0 Å². The molecular weight excluding hydrogens is 344 g/mol. The van der Waals surface area contributed by atoms with Gasteiger partial charge in [0.15, 0.2) is 5.78 Å². The molecule has 0 aliphatic heterocycles. The van der Waals surface area contributed by atoms with Crippen molar-refractivity contribution in [3.8, 4) is 0 Å². The van der Waals surface area contributed by atoms with E-state index >= 15 is 0 Å². The van der Waals surface area contributed by atoms with E-state index in [9.17, 15) is 9.90 Å². The molecular formula is C26H34O2. The number of ketones is 1. The summed E-state index contributed by atoms with van der Waals surface area (Å²) in [7, 11) is 0. The van der Waals surface area contributed by atoms with Crippen LogP contribution in [-0.2, 0) is 0 Å². The molecule has 0 bridgehead atoms. The number of carbonyl (C=O) groups is 1. The molecule has 1 aromatic carbocycles. The van der Waals surface area contributed by atoms with Crippen molar-refractivity contribution in [1.82, 2.24) is 0 Å². The number of hydrogen-bond donors (Lipinski definition) is 1. The zero-order valence-corrected chi connectivity index (χ0v) is 17.4. The first-order valence-electron chi connectivity index (χ1n) is 11.4. The maximum atomic E-state index is 13.4. The highest BCUT2D eigenvalue weighted by Crippen LogP contribution is 2.66. The van der Waals surface area contributed by atoms with Crippen molar-refractivity contribution < 1.29 is 9.90 Å². The molecule has 2 nitrogen and oxygen atoms in total. The summed E-state index contributed by atoms with van der Waals surface area (Å²) in [6.07, 6.45) is 11.2. The first-order valence-corrected chi connectivity index (χ1v) is 11.4. The molecule has 0 amide bonds. The fraction of sp³-hybridized carbons (Fsp3) is 0.654. The summed E-state index contributed by atoms with van der Waals surface area (Å²) >= 11 is 0. The quantitative estimate of drug-likeness (QED) is 0.521. The number of Topliss-reactive ketones (excluding diaryl/α,β-unsaturated/α-hetero) is 1. The third-order valence-electron chi connectivity index (χ3n) is 9.45. The lowest BCUT2D eigenvalue weighted by atomic mass is 9.47. The van der Waals surface area contributed by atoms with Crippen molar-refractivity contribution in [3.63, 3.8) is 0 Å². The maximum absolute atomic E-state index is 13.4. The van der Waals surface area contributed by atoms with Gasteiger partial charge in [-0.1, -0.05) is 55.8 Å². The predicted molar refractivity (Wildman–Crippen MR) is 112 cm³/mol. The Morgan fingerprint density at radius 3 is 2.57 bits per heavy atom. The normalized spacial score (nSPS) is 44.8. The number of rotatable bonds is 2.